The number of allylic oxidation sites excluding steroid dienone is 1. The second-order valence-electron chi connectivity index (χ2n) is 7.54. The first-order valence-corrected chi connectivity index (χ1v) is 9.63. The molecule has 0 aliphatic carbocycles. The molecule has 160 valence electrons. The highest BCUT2D eigenvalue weighted by atomic mass is 35.5. The third-order valence-corrected chi connectivity index (χ3v) is 4.29. The van der Waals surface area contributed by atoms with E-state index in [-0.39, 0.29) is 19.4 Å². The Balaban J connectivity index is 2.69. The molecule has 9 heteroatoms. The molecule has 0 saturated carbocycles. The summed E-state index contributed by atoms with van der Waals surface area (Å²) in [5.41, 5.74) is -1.70. The zero-order valence-electron chi connectivity index (χ0n) is 16.8. The third kappa shape index (κ3) is 9.28. The number of aliphatic carboxylic acids is 1. The molecule has 6 nitrogen and oxygen atoms in total. The van der Waals surface area contributed by atoms with Gasteiger partial charge in [-0.1, -0.05) is 29.3 Å². The van der Waals surface area contributed by atoms with Gasteiger partial charge in [0.2, 0.25) is 0 Å². The number of hydrogen-bond donors (Lipinski definition) is 2. The van der Waals surface area contributed by atoms with Crippen molar-refractivity contribution in [3.63, 3.8) is 0 Å². The third-order valence-electron chi connectivity index (χ3n) is 3.73. The Labute approximate surface area is 179 Å². The van der Waals surface area contributed by atoms with Crippen molar-refractivity contribution in [2.24, 2.45) is 4.99 Å². The molecule has 2 N–H and O–H groups in total. The van der Waals surface area contributed by atoms with Gasteiger partial charge < -0.3 is 15.2 Å². The molecule has 0 aliphatic rings. The fourth-order valence-electron chi connectivity index (χ4n) is 2.07. The summed E-state index contributed by atoms with van der Waals surface area (Å²) in [6.45, 7) is 6.46. The summed E-state index contributed by atoms with van der Waals surface area (Å²) in [5.74, 6) is -1.76. The highest BCUT2D eigenvalue weighted by Gasteiger charge is 2.32. The summed E-state index contributed by atoms with van der Waals surface area (Å²) in [4.78, 5) is 27.3. The number of nitrogens with one attached hydrogen (secondary N) is 1. The zero-order valence-corrected chi connectivity index (χ0v) is 18.3. The van der Waals surface area contributed by atoms with Gasteiger partial charge in [-0.25, -0.2) is 14.0 Å². The number of carboxylic acids is 1. The highest BCUT2D eigenvalue weighted by Crippen LogP contribution is 2.24. The molecule has 1 rings (SSSR count). The molecule has 0 heterocycles. The molecule has 0 spiro atoms. The van der Waals surface area contributed by atoms with Crippen LogP contribution < -0.4 is 5.32 Å². The Morgan fingerprint density at radius 3 is 2.48 bits per heavy atom. The Kier molecular flexibility index (Phi) is 9.11. The van der Waals surface area contributed by atoms with E-state index in [2.05, 4.69) is 10.3 Å². The maximum Gasteiger partial charge on any atom is 0.407 e. The van der Waals surface area contributed by atoms with Gasteiger partial charge >= 0.3 is 12.1 Å². The largest absolute Gasteiger partial charge is 0.479 e. The van der Waals surface area contributed by atoms with E-state index in [1.165, 1.54) is 19.2 Å². The van der Waals surface area contributed by atoms with Crippen LogP contribution in [0.25, 0.3) is 0 Å². The lowest BCUT2D eigenvalue weighted by atomic mass is 9.96. The van der Waals surface area contributed by atoms with Crippen LogP contribution in [0.4, 0.5) is 9.18 Å². The number of benzene rings is 1. The van der Waals surface area contributed by atoms with Crippen LogP contribution in [0.5, 0.6) is 0 Å². The van der Waals surface area contributed by atoms with Gasteiger partial charge in [-0.2, -0.15) is 0 Å². The Morgan fingerprint density at radius 2 is 1.93 bits per heavy atom. The molecule has 0 bridgehead atoms. The molecule has 0 aromatic heterocycles. The minimum Gasteiger partial charge on any atom is -0.479 e. The van der Waals surface area contributed by atoms with Crippen LogP contribution in [0.1, 0.15) is 46.1 Å². The molecule has 0 saturated heterocycles. The van der Waals surface area contributed by atoms with Gasteiger partial charge in [-0.05, 0) is 52.3 Å². The fraction of sp³-hybridized carbons (Fsp3) is 0.450. The summed E-state index contributed by atoms with van der Waals surface area (Å²) in [7, 11) is 0. The van der Waals surface area contributed by atoms with Gasteiger partial charge in [0.25, 0.3) is 0 Å². The second-order valence-corrected chi connectivity index (χ2v) is 8.38. The summed E-state index contributed by atoms with van der Waals surface area (Å²) < 4.78 is 19.1. The van der Waals surface area contributed by atoms with Crippen LogP contribution in [0.2, 0.25) is 10.0 Å². The maximum atomic E-state index is 14.0. The number of carbonyl (C=O) groups is 2. The van der Waals surface area contributed by atoms with Crippen LogP contribution in [-0.2, 0) is 9.53 Å². The SMILES string of the molecule is CC(C)(C)OC(=O)NC/C=C(/F)CCC(C)(/N=C\c1ccc(Cl)cc1Cl)C(=O)O. The van der Waals surface area contributed by atoms with Crippen molar-refractivity contribution in [1.82, 2.24) is 5.32 Å². The molecule has 0 fully saturated rings. The fourth-order valence-corrected chi connectivity index (χ4v) is 2.53. The lowest BCUT2D eigenvalue weighted by molar-refractivity contribution is -0.142. The summed E-state index contributed by atoms with van der Waals surface area (Å²) >= 11 is 11.9. The number of amides is 1. The predicted octanol–water partition coefficient (Wildman–Crippen LogP) is 5.41. The smallest absolute Gasteiger partial charge is 0.407 e. The van der Waals surface area contributed by atoms with Crippen molar-refractivity contribution in [2.45, 2.75) is 51.7 Å². The number of ether oxygens (including phenoxy) is 1. The van der Waals surface area contributed by atoms with Crippen molar-refractivity contribution >= 4 is 41.5 Å². The lowest BCUT2D eigenvalue weighted by Gasteiger charge is -2.20. The summed E-state index contributed by atoms with van der Waals surface area (Å²) in [6.07, 6.45) is 1.58. The van der Waals surface area contributed by atoms with Crippen molar-refractivity contribution in [3.05, 3.63) is 45.7 Å². The minimum atomic E-state index is -1.55. The number of halogens is 3. The normalized spacial score (nSPS) is 14.5. The van der Waals surface area contributed by atoms with E-state index in [0.29, 0.717) is 15.6 Å². The number of alkyl carbamates (subject to hydrolysis) is 1. The van der Waals surface area contributed by atoms with E-state index in [4.69, 9.17) is 27.9 Å². The number of hydrogen-bond acceptors (Lipinski definition) is 4. The zero-order chi connectivity index (χ0) is 22.2. The van der Waals surface area contributed by atoms with Crippen LogP contribution in [0.15, 0.2) is 35.1 Å². The number of aliphatic imine (C=N–C) groups is 1. The van der Waals surface area contributed by atoms with E-state index < -0.39 is 29.0 Å². The Bertz CT molecular complexity index is 806. The number of carbonyl (C=O) groups excluding carboxylic acids is 1. The van der Waals surface area contributed by atoms with Gasteiger partial charge in [0.05, 0.1) is 10.8 Å². The number of carboxylic acid groups (broad SMARTS) is 1. The van der Waals surface area contributed by atoms with Crippen LogP contribution >= 0.6 is 23.2 Å². The quantitative estimate of drug-likeness (QED) is 0.522. The standard InChI is InChI=1S/C20H25Cl2FN2O4/c1-19(2,3)29-18(28)24-10-8-15(23)7-9-20(4,17(26)27)25-12-13-5-6-14(21)11-16(13)22/h5-6,8,11-12H,7,9-10H2,1-4H3,(H,24,28)(H,26,27)/b15-8+,25-12-. The van der Waals surface area contributed by atoms with Crippen molar-refractivity contribution in [2.75, 3.05) is 6.54 Å². The molecule has 1 amide bonds. The van der Waals surface area contributed by atoms with Crippen molar-refractivity contribution in [1.29, 1.82) is 0 Å². The van der Waals surface area contributed by atoms with E-state index >= 15 is 0 Å². The molecule has 1 unspecified atom stereocenters. The van der Waals surface area contributed by atoms with Gasteiger partial charge in [0, 0.05) is 29.8 Å². The average Bonchev–Trinajstić information content (AvgIpc) is 2.57. The van der Waals surface area contributed by atoms with Gasteiger partial charge in [-0.3, -0.25) is 4.99 Å². The summed E-state index contributed by atoms with van der Waals surface area (Å²) in [5, 5.41) is 12.7. The van der Waals surface area contributed by atoms with E-state index in [1.54, 1.807) is 32.9 Å². The van der Waals surface area contributed by atoms with E-state index in [9.17, 15) is 19.1 Å². The lowest BCUT2D eigenvalue weighted by Crippen LogP contribution is -2.33. The molecule has 1 aromatic carbocycles. The second kappa shape index (κ2) is 10.6. The molecular weight excluding hydrogens is 422 g/mol. The number of rotatable bonds is 8. The predicted molar refractivity (Wildman–Crippen MR) is 113 cm³/mol. The monoisotopic (exact) mass is 446 g/mol. The van der Waals surface area contributed by atoms with Crippen LogP contribution in [0.3, 0.4) is 0 Å². The first-order valence-electron chi connectivity index (χ1n) is 8.87. The molecular formula is C20H25Cl2FN2O4. The highest BCUT2D eigenvalue weighted by molar-refractivity contribution is 6.36. The first kappa shape index (κ1) is 24.9. The maximum absolute atomic E-state index is 14.0. The summed E-state index contributed by atoms with van der Waals surface area (Å²) in [6, 6.07) is 4.73. The van der Waals surface area contributed by atoms with Gasteiger partial charge in [0.1, 0.15) is 5.60 Å². The molecule has 1 aromatic rings. The van der Waals surface area contributed by atoms with Crippen LogP contribution in [0, 0.1) is 0 Å². The van der Waals surface area contributed by atoms with Crippen LogP contribution in [-0.4, -0.2) is 41.1 Å². The van der Waals surface area contributed by atoms with E-state index in [1.807, 2.05) is 0 Å². The molecule has 1 atom stereocenters. The molecule has 29 heavy (non-hydrogen) atoms. The van der Waals surface area contributed by atoms with Gasteiger partial charge in [0.15, 0.2) is 5.54 Å². The Hall–Kier alpha value is -2.12. The molecule has 0 radical (unpaired) electrons. The number of nitrogens with zero attached hydrogens (tertiary/aromatic N) is 1. The Morgan fingerprint density at radius 1 is 1.28 bits per heavy atom. The van der Waals surface area contributed by atoms with Crippen molar-refractivity contribution in [3.8, 4) is 0 Å². The molecule has 0 aliphatic heterocycles. The average molecular weight is 447 g/mol. The van der Waals surface area contributed by atoms with Gasteiger partial charge in [-0.15, -0.1) is 0 Å². The van der Waals surface area contributed by atoms with Crippen molar-refractivity contribution < 1.29 is 23.8 Å². The minimum absolute atomic E-state index is 0.0752. The topological polar surface area (TPSA) is 88.0 Å². The first-order chi connectivity index (χ1) is 13.3. The van der Waals surface area contributed by atoms with E-state index in [0.717, 1.165) is 6.08 Å².